The maximum absolute atomic E-state index is 13.1. The van der Waals surface area contributed by atoms with Gasteiger partial charge in [-0.1, -0.05) is 12.5 Å². The Labute approximate surface area is 100 Å². The second-order valence-corrected chi connectivity index (χ2v) is 5.36. The Morgan fingerprint density at radius 3 is 2.00 bits per heavy atom. The predicted octanol–water partition coefficient (Wildman–Crippen LogP) is 4.21. The number of hydrogen-bond donors (Lipinski definition) is 1. The summed E-state index contributed by atoms with van der Waals surface area (Å²) >= 11 is 0. The Hall–Kier alpha value is -1.46. The molecule has 3 unspecified atom stereocenters. The van der Waals surface area contributed by atoms with E-state index in [1.54, 1.807) is 0 Å². The van der Waals surface area contributed by atoms with E-state index < -0.39 is 36.2 Å². The van der Waals surface area contributed by atoms with Crippen molar-refractivity contribution in [2.45, 2.75) is 44.5 Å². The van der Waals surface area contributed by atoms with Gasteiger partial charge in [0.25, 0.3) is 6.18 Å². The third-order valence-electron chi connectivity index (χ3n) is 4.35. The minimum atomic E-state index is -5.07. The van der Waals surface area contributed by atoms with Crippen molar-refractivity contribution in [2.75, 3.05) is 0 Å². The van der Waals surface area contributed by atoms with Crippen LogP contribution in [0, 0.1) is 23.4 Å². The van der Waals surface area contributed by atoms with Crippen LogP contribution in [-0.4, -0.2) is 17.5 Å². The molecule has 0 heterocycles. The average molecular weight is 542 g/mol. The second-order valence-electron chi connectivity index (χ2n) is 5.36. The maximum Gasteiger partial charge on any atom is 0.392 e. The van der Waals surface area contributed by atoms with Gasteiger partial charge in [-0.25, -0.2) is 13.2 Å². The summed E-state index contributed by atoms with van der Waals surface area (Å²) in [5, 5.41) is 8.89. The summed E-state index contributed by atoms with van der Waals surface area (Å²) in [6.45, 7) is 0. The second kappa shape index (κ2) is 4.28. The van der Waals surface area contributed by atoms with E-state index in [0.29, 0.717) is 19.3 Å². The van der Waals surface area contributed by atoms with Crippen molar-refractivity contribution < 1.29 is 31.4 Å². The summed E-state index contributed by atoms with van der Waals surface area (Å²) < 4.78 is 76.1. The van der Waals surface area contributed by atoms with Gasteiger partial charge in [-0.15, -0.1) is 6.42 Å². The van der Waals surface area contributed by atoms with E-state index in [9.17, 15) is 26.3 Å². The number of hydrogen-bond acceptors (Lipinski definition) is 1. The van der Waals surface area contributed by atoms with Gasteiger partial charge in [0.2, 0.25) is 0 Å². The number of fused-ring (bicyclic) bond motifs is 2. The van der Waals surface area contributed by atoms with Gasteiger partial charge < -0.3 is 5.11 Å². The predicted molar refractivity (Wildman–Crippen MR) is 49.8 cm³/mol. The molecule has 8 heteroatoms. The molecule has 1 nitrogen and oxygen atoms in total. The number of rotatable bonds is 2. The van der Waals surface area contributed by atoms with Gasteiger partial charge >= 0.3 is 6.18 Å². The first-order chi connectivity index (χ1) is 8.06. The number of aliphatic hydroxyl groups is 1. The first-order valence-corrected chi connectivity index (χ1v) is 5.75. The van der Waals surface area contributed by atoms with Crippen molar-refractivity contribution in [1.29, 1.82) is 0 Å². The maximum atomic E-state index is 13.1. The fourth-order valence-electron chi connectivity index (χ4n) is 3.51. The van der Waals surface area contributed by atoms with Gasteiger partial charge in [0.1, 0.15) is 0 Å². The fraction of sp³-hybridized carbons (Fsp3) is 0.909. The van der Waals surface area contributed by atoms with Crippen LogP contribution in [0.1, 0.15) is 32.1 Å². The molecule has 1 N–H and O–H groups in total. The first kappa shape index (κ1) is 15.6. The topological polar surface area (TPSA) is 20.2 Å². The molecule has 0 aromatic rings. The molecule has 0 aliphatic heterocycles. The van der Waals surface area contributed by atoms with Gasteiger partial charge in [0.15, 0.2) is 0 Å². The smallest absolute Gasteiger partial charge is 0.392 e. The third kappa shape index (κ3) is 2.35. The summed E-state index contributed by atoms with van der Waals surface area (Å²) in [5.74, 6) is -0.940. The van der Waals surface area contributed by atoms with Crippen molar-refractivity contribution in [1.82, 2.24) is 0 Å². The molecule has 0 aromatic carbocycles. The zero-order valence-electron chi connectivity index (χ0n) is 10.1. The van der Waals surface area contributed by atoms with Crippen LogP contribution in [0.2, 0.25) is 0 Å². The zero-order chi connectivity index (χ0) is 13.8. The van der Waals surface area contributed by atoms with Gasteiger partial charge in [-0.05, 0) is 31.1 Å². The minimum Gasteiger partial charge on any atom is -0.554 e. The van der Waals surface area contributed by atoms with E-state index in [-0.39, 0.29) is 12.3 Å². The Balaban J connectivity index is 0.00000180. The van der Waals surface area contributed by atoms with Crippen LogP contribution in [0.15, 0.2) is 0 Å². The molecule has 19 heavy (non-hydrogen) atoms. The van der Waals surface area contributed by atoms with Crippen LogP contribution in [-0.2, 0) is 0 Å². The van der Waals surface area contributed by atoms with Crippen molar-refractivity contribution >= 4 is 0 Å². The Kier molecular flexibility index (Phi) is 3.52. The summed E-state index contributed by atoms with van der Waals surface area (Å²) in [7, 11) is 0. The first-order valence-electron chi connectivity index (χ1n) is 5.75. The van der Waals surface area contributed by atoms with Crippen molar-refractivity contribution in [2.24, 2.45) is 17.3 Å². The molecule has 2 aliphatic carbocycles. The number of aliphatic hydroxyl groups excluding tert-OH is 1. The molecule has 0 amide bonds. The average Bonchev–Trinajstić information content (AvgIpc) is 2.74. The molecule has 108 valence electrons. The number of halogens is 6. The Bertz CT molecular complexity index is 328. The van der Waals surface area contributed by atoms with Crippen molar-refractivity contribution in [3.05, 3.63) is 6.10 Å². The Morgan fingerprint density at radius 2 is 1.68 bits per heavy atom. The van der Waals surface area contributed by atoms with E-state index in [2.05, 4.69) is 0 Å². The van der Waals surface area contributed by atoms with Gasteiger partial charge in [-0.2, -0.15) is 13.2 Å². The molecule has 0 saturated heterocycles. The van der Waals surface area contributed by atoms with E-state index in [4.69, 9.17) is 5.11 Å². The monoisotopic (exact) mass is 542 g/mol. The Morgan fingerprint density at radius 1 is 1.11 bits per heavy atom. The van der Waals surface area contributed by atoms with E-state index in [0.717, 1.165) is 0 Å². The zero-order valence-corrected chi connectivity index (χ0v) is 16.5. The van der Waals surface area contributed by atoms with Gasteiger partial charge in [0, 0.05) is 5.41 Å². The summed E-state index contributed by atoms with van der Waals surface area (Å²) in [6.07, 6.45) is -12.1. The largest absolute Gasteiger partial charge is 0.554 e. The van der Waals surface area contributed by atoms with E-state index >= 15 is 0 Å². The molecule has 2 aliphatic rings. The molecule has 2 rings (SSSR count). The van der Waals surface area contributed by atoms with Gasteiger partial charge in [0.05, 0.1) is 0 Å². The minimum absolute atomic E-state index is 0. The van der Waals surface area contributed by atoms with Crippen LogP contribution < -0.4 is 0 Å². The molecule has 3 atom stereocenters. The summed E-state index contributed by atoms with van der Waals surface area (Å²) in [5.41, 5.74) is -2.38. The van der Waals surface area contributed by atoms with Crippen LogP contribution in [0.25, 0.3) is 0 Å². The molecule has 0 aromatic heterocycles. The van der Waals surface area contributed by atoms with Crippen molar-refractivity contribution in [3.8, 4) is 0 Å². The molecule has 2 saturated carbocycles. The molecule has 0 radical (unpaired) electrons. The normalized spacial score (nSPS) is 34.7. The molecule has 0 spiro atoms. The fourth-order valence-corrected chi connectivity index (χ4v) is 3.51. The SMILES string of the molecule is O[C-](CC1(C(F)(F)F)CC2CCC1C2)C(F)(F)F.[Rf]. The van der Waals surface area contributed by atoms with Crippen molar-refractivity contribution in [3.63, 3.8) is 0 Å². The molecule has 2 bridgehead atoms. The van der Waals surface area contributed by atoms with E-state index in [1.807, 2.05) is 0 Å². The summed E-state index contributed by atoms with van der Waals surface area (Å²) in [6, 6.07) is 0. The molecular weight excluding hydrogens is 529 g/mol. The van der Waals surface area contributed by atoms with Crippen LogP contribution >= 0.6 is 0 Å². The van der Waals surface area contributed by atoms with Crippen LogP contribution in [0.3, 0.4) is 0 Å². The molecular formula is C11H13F6ORf-. The van der Waals surface area contributed by atoms with Crippen LogP contribution in [0.5, 0.6) is 0 Å². The van der Waals surface area contributed by atoms with Gasteiger partial charge in [-0.3, -0.25) is 0 Å². The standard InChI is InChI=1S/C11H13F6O.Rf/c12-10(13,14)8(18)5-9(11(15,16)17)4-6-1-2-7(9)3-6;/h6-7,18H,1-5H2;/q-1;. The molecule has 2 fully saturated rings. The van der Waals surface area contributed by atoms with E-state index in [1.165, 1.54) is 0 Å². The third-order valence-corrected chi connectivity index (χ3v) is 4.35. The summed E-state index contributed by atoms with van der Waals surface area (Å²) in [4.78, 5) is 0. The van der Waals surface area contributed by atoms with Crippen LogP contribution in [0.4, 0.5) is 26.3 Å². The number of alkyl halides is 6. The quantitative estimate of drug-likeness (QED) is 0.410.